The van der Waals surface area contributed by atoms with Crippen molar-refractivity contribution >= 4 is 0 Å². The van der Waals surface area contributed by atoms with E-state index < -0.39 is 0 Å². The van der Waals surface area contributed by atoms with Crippen molar-refractivity contribution in [3.8, 4) is 5.88 Å². The molecule has 2 aromatic rings. The largest absolute Gasteiger partial charge is 0.481 e. The van der Waals surface area contributed by atoms with E-state index in [-0.39, 0.29) is 0 Å². The highest BCUT2D eigenvalue weighted by Gasteiger charge is 2.22. The minimum atomic E-state index is 0.292. The number of benzene rings is 1. The number of nitrogens with zero attached hydrogens (tertiary/aromatic N) is 3. The van der Waals surface area contributed by atoms with Crippen LogP contribution in [0.15, 0.2) is 24.3 Å². The Balaban J connectivity index is 1.63. The SMILES string of the molecule is COc1c(CNCc2ccccc2CN2C[C@H](C)O[C@@H](C)C2)c(C)nn1C. The molecule has 0 unspecified atom stereocenters. The molecule has 27 heavy (non-hydrogen) atoms. The van der Waals surface area contributed by atoms with Crippen molar-refractivity contribution in [1.82, 2.24) is 20.0 Å². The fourth-order valence-electron chi connectivity index (χ4n) is 4.00. The Hall–Kier alpha value is -1.89. The summed E-state index contributed by atoms with van der Waals surface area (Å²) in [5.41, 5.74) is 4.84. The van der Waals surface area contributed by atoms with Crippen LogP contribution in [0.3, 0.4) is 0 Å². The van der Waals surface area contributed by atoms with E-state index in [2.05, 4.69) is 53.4 Å². The Labute approximate surface area is 162 Å². The molecule has 0 amide bonds. The van der Waals surface area contributed by atoms with Crippen LogP contribution in [-0.2, 0) is 31.4 Å². The number of ether oxygens (including phenoxy) is 2. The van der Waals surface area contributed by atoms with Gasteiger partial charge in [0, 0.05) is 39.8 Å². The Bertz CT molecular complexity index is 749. The molecule has 1 fully saturated rings. The fourth-order valence-corrected chi connectivity index (χ4v) is 4.00. The van der Waals surface area contributed by atoms with Crippen molar-refractivity contribution < 1.29 is 9.47 Å². The maximum absolute atomic E-state index is 5.86. The molecule has 1 aliphatic rings. The summed E-state index contributed by atoms with van der Waals surface area (Å²) in [7, 11) is 3.61. The van der Waals surface area contributed by atoms with Gasteiger partial charge in [-0.15, -0.1) is 0 Å². The zero-order valence-corrected chi connectivity index (χ0v) is 17.2. The van der Waals surface area contributed by atoms with Gasteiger partial charge in [-0.1, -0.05) is 24.3 Å². The maximum Gasteiger partial charge on any atom is 0.216 e. The molecule has 0 bridgehead atoms. The third kappa shape index (κ3) is 4.89. The summed E-state index contributed by atoms with van der Waals surface area (Å²) in [5.74, 6) is 0.824. The van der Waals surface area contributed by atoms with Crippen LogP contribution in [0.2, 0.25) is 0 Å². The summed E-state index contributed by atoms with van der Waals surface area (Å²) in [6, 6.07) is 8.68. The van der Waals surface area contributed by atoms with E-state index >= 15 is 0 Å². The average Bonchev–Trinajstić information content (AvgIpc) is 2.88. The van der Waals surface area contributed by atoms with E-state index in [9.17, 15) is 0 Å². The van der Waals surface area contributed by atoms with E-state index in [4.69, 9.17) is 9.47 Å². The highest BCUT2D eigenvalue weighted by molar-refractivity contribution is 5.31. The Kier molecular flexibility index (Phi) is 6.52. The second kappa shape index (κ2) is 8.87. The molecule has 1 aliphatic heterocycles. The second-order valence-corrected chi connectivity index (χ2v) is 7.52. The molecule has 3 rings (SSSR count). The van der Waals surface area contributed by atoms with E-state index in [1.165, 1.54) is 11.1 Å². The van der Waals surface area contributed by atoms with E-state index in [1.807, 2.05) is 14.0 Å². The number of morpholine rings is 1. The first-order chi connectivity index (χ1) is 13.0. The molecule has 6 heteroatoms. The van der Waals surface area contributed by atoms with Gasteiger partial charge in [0.1, 0.15) is 0 Å². The van der Waals surface area contributed by atoms with Crippen molar-refractivity contribution in [2.24, 2.45) is 7.05 Å². The number of hydrogen-bond donors (Lipinski definition) is 1. The summed E-state index contributed by atoms with van der Waals surface area (Å²) in [4.78, 5) is 2.49. The van der Waals surface area contributed by atoms with Crippen molar-refractivity contribution in [2.45, 2.75) is 52.6 Å². The summed E-state index contributed by atoms with van der Waals surface area (Å²) in [5, 5.41) is 8.02. The Morgan fingerprint density at radius 1 is 1.15 bits per heavy atom. The van der Waals surface area contributed by atoms with E-state index in [0.29, 0.717) is 12.2 Å². The first kappa shape index (κ1) is 19.9. The molecule has 1 aromatic heterocycles. The van der Waals surface area contributed by atoms with Crippen LogP contribution in [0, 0.1) is 6.92 Å². The molecule has 6 nitrogen and oxygen atoms in total. The highest BCUT2D eigenvalue weighted by atomic mass is 16.5. The Morgan fingerprint density at radius 3 is 2.48 bits per heavy atom. The zero-order valence-electron chi connectivity index (χ0n) is 17.2. The molecule has 0 radical (unpaired) electrons. The number of rotatable bonds is 7. The molecule has 2 heterocycles. The van der Waals surface area contributed by atoms with Crippen LogP contribution in [0.1, 0.15) is 36.2 Å². The molecule has 148 valence electrons. The predicted octanol–water partition coefficient (Wildman–Crippen LogP) is 2.64. The molecule has 1 aromatic carbocycles. The van der Waals surface area contributed by atoms with Crippen molar-refractivity contribution in [1.29, 1.82) is 0 Å². The molecular weight excluding hydrogens is 340 g/mol. The van der Waals surface area contributed by atoms with Crippen molar-refractivity contribution in [3.05, 3.63) is 46.6 Å². The monoisotopic (exact) mass is 372 g/mol. The topological polar surface area (TPSA) is 51.6 Å². The van der Waals surface area contributed by atoms with Crippen LogP contribution in [0.25, 0.3) is 0 Å². The van der Waals surface area contributed by atoms with Gasteiger partial charge in [-0.3, -0.25) is 4.90 Å². The lowest BCUT2D eigenvalue weighted by Gasteiger charge is -2.35. The van der Waals surface area contributed by atoms with Gasteiger partial charge in [-0.25, -0.2) is 4.68 Å². The van der Waals surface area contributed by atoms with Gasteiger partial charge in [0.05, 0.1) is 30.6 Å². The summed E-state index contributed by atoms with van der Waals surface area (Å²) >= 11 is 0. The fraction of sp³-hybridized carbons (Fsp3) is 0.571. The number of methoxy groups -OCH3 is 1. The van der Waals surface area contributed by atoms with Crippen molar-refractivity contribution in [2.75, 3.05) is 20.2 Å². The van der Waals surface area contributed by atoms with Gasteiger partial charge in [-0.05, 0) is 31.9 Å². The normalized spacial score (nSPS) is 20.8. The van der Waals surface area contributed by atoms with E-state index in [0.717, 1.165) is 49.9 Å². The third-order valence-corrected chi connectivity index (χ3v) is 5.11. The number of hydrogen-bond acceptors (Lipinski definition) is 5. The highest BCUT2D eigenvalue weighted by Crippen LogP contribution is 2.21. The first-order valence-corrected chi connectivity index (χ1v) is 9.69. The lowest BCUT2D eigenvalue weighted by molar-refractivity contribution is -0.0705. The molecule has 0 spiro atoms. The molecular formula is C21H32N4O2. The zero-order chi connectivity index (χ0) is 19.4. The van der Waals surface area contributed by atoms with Gasteiger partial charge < -0.3 is 14.8 Å². The predicted molar refractivity (Wildman–Crippen MR) is 107 cm³/mol. The van der Waals surface area contributed by atoms with Gasteiger partial charge in [0.25, 0.3) is 0 Å². The minimum Gasteiger partial charge on any atom is -0.481 e. The summed E-state index contributed by atoms with van der Waals surface area (Å²) in [6.07, 6.45) is 0.583. The molecule has 0 saturated carbocycles. The van der Waals surface area contributed by atoms with Crippen LogP contribution in [-0.4, -0.2) is 47.1 Å². The second-order valence-electron chi connectivity index (χ2n) is 7.52. The molecule has 1 saturated heterocycles. The summed E-state index contributed by atoms with van der Waals surface area (Å²) < 4.78 is 13.1. The average molecular weight is 373 g/mol. The van der Waals surface area contributed by atoms with Crippen LogP contribution in [0.5, 0.6) is 5.88 Å². The maximum atomic E-state index is 5.86. The van der Waals surface area contributed by atoms with Crippen molar-refractivity contribution in [3.63, 3.8) is 0 Å². The van der Waals surface area contributed by atoms with Crippen LogP contribution >= 0.6 is 0 Å². The molecule has 1 N–H and O–H groups in total. The number of aromatic nitrogens is 2. The third-order valence-electron chi connectivity index (χ3n) is 5.11. The van der Waals surface area contributed by atoms with Gasteiger partial charge >= 0.3 is 0 Å². The lowest BCUT2D eigenvalue weighted by Crippen LogP contribution is -2.45. The number of nitrogens with one attached hydrogen (secondary N) is 1. The molecule has 0 aliphatic carbocycles. The standard InChI is InChI=1S/C21H32N4O2/c1-15-12-25(13-16(2)27-15)14-19-9-7-6-8-18(19)10-22-11-20-17(3)23-24(4)21(20)26-5/h6-9,15-16,22H,10-14H2,1-5H3/t15-,16-/m0/s1. The summed E-state index contributed by atoms with van der Waals surface area (Å²) in [6.45, 7) is 10.8. The minimum absolute atomic E-state index is 0.292. The molecule has 2 atom stereocenters. The van der Waals surface area contributed by atoms with Crippen LogP contribution in [0.4, 0.5) is 0 Å². The van der Waals surface area contributed by atoms with Gasteiger partial charge in [0.15, 0.2) is 0 Å². The number of aryl methyl sites for hydroxylation is 2. The van der Waals surface area contributed by atoms with Gasteiger partial charge in [0.2, 0.25) is 5.88 Å². The van der Waals surface area contributed by atoms with Gasteiger partial charge in [-0.2, -0.15) is 5.10 Å². The quantitative estimate of drug-likeness (QED) is 0.810. The smallest absolute Gasteiger partial charge is 0.216 e. The van der Waals surface area contributed by atoms with Crippen LogP contribution < -0.4 is 10.1 Å². The Morgan fingerprint density at radius 2 is 1.81 bits per heavy atom. The first-order valence-electron chi connectivity index (χ1n) is 9.69. The lowest BCUT2D eigenvalue weighted by atomic mass is 10.1. The van der Waals surface area contributed by atoms with E-state index in [1.54, 1.807) is 11.8 Å².